The number of hydrogen-bond acceptors (Lipinski definition) is 6. The Balaban J connectivity index is 1.33. The number of hydrogen-bond donors (Lipinski definition) is 2. The highest BCUT2D eigenvalue weighted by Crippen LogP contribution is 2.33. The SMILES string of the molecule is Cc1nc(C(N)=O)nn1-c1ccc(C(C)(C)c2ccc(-c3ccc(C4CNCCO4)nc3)cc2)cc1. The monoisotopic (exact) mass is 482 g/mol. The molecule has 36 heavy (non-hydrogen) atoms. The lowest BCUT2D eigenvalue weighted by Gasteiger charge is -2.26. The summed E-state index contributed by atoms with van der Waals surface area (Å²) in [5.41, 5.74) is 11.5. The molecule has 4 aromatic rings. The Kier molecular flexibility index (Phi) is 6.38. The van der Waals surface area contributed by atoms with Crippen LogP contribution in [0.1, 0.15) is 53.2 Å². The van der Waals surface area contributed by atoms with E-state index in [2.05, 4.69) is 82.8 Å². The van der Waals surface area contributed by atoms with Crippen LogP contribution in [-0.2, 0) is 10.2 Å². The average molecular weight is 483 g/mol. The molecule has 5 rings (SSSR count). The zero-order valence-electron chi connectivity index (χ0n) is 20.7. The van der Waals surface area contributed by atoms with Crippen LogP contribution in [0.15, 0.2) is 66.9 Å². The molecule has 0 saturated carbocycles. The maximum absolute atomic E-state index is 11.4. The van der Waals surface area contributed by atoms with Crippen molar-refractivity contribution in [2.24, 2.45) is 5.73 Å². The first-order valence-electron chi connectivity index (χ1n) is 12.1. The van der Waals surface area contributed by atoms with Crippen LogP contribution in [0.4, 0.5) is 0 Å². The molecule has 0 bridgehead atoms. The van der Waals surface area contributed by atoms with Crippen LogP contribution < -0.4 is 11.1 Å². The van der Waals surface area contributed by atoms with E-state index in [9.17, 15) is 4.79 Å². The van der Waals surface area contributed by atoms with Crippen LogP contribution in [0.5, 0.6) is 0 Å². The van der Waals surface area contributed by atoms with Gasteiger partial charge in [0.25, 0.3) is 5.91 Å². The number of aryl methyl sites for hydroxylation is 1. The molecule has 184 valence electrons. The van der Waals surface area contributed by atoms with E-state index in [1.165, 1.54) is 11.1 Å². The van der Waals surface area contributed by atoms with Crippen molar-refractivity contribution in [2.45, 2.75) is 32.3 Å². The van der Waals surface area contributed by atoms with Gasteiger partial charge in [0.1, 0.15) is 11.9 Å². The molecular weight excluding hydrogens is 452 g/mol. The summed E-state index contributed by atoms with van der Waals surface area (Å²) in [5.74, 6) is -0.0154. The first kappa shape index (κ1) is 23.8. The number of rotatable bonds is 6. The number of benzene rings is 2. The van der Waals surface area contributed by atoms with E-state index in [1.54, 1.807) is 11.6 Å². The number of ether oxygens (including phenoxy) is 1. The van der Waals surface area contributed by atoms with Crippen LogP contribution >= 0.6 is 0 Å². The van der Waals surface area contributed by atoms with Crippen LogP contribution in [0, 0.1) is 6.92 Å². The molecule has 1 unspecified atom stereocenters. The summed E-state index contributed by atoms with van der Waals surface area (Å²) in [7, 11) is 0. The predicted octanol–water partition coefficient (Wildman–Crippen LogP) is 3.72. The van der Waals surface area contributed by atoms with Crippen LogP contribution in [0.25, 0.3) is 16.8 Å². The Morgan fingerprint density at radius 2 is 1.69 bits per heavy atom. The minimum Gasteiger partial charge on any atom is -0.369 e. The van der Waals surface area contributed by atoms with E-state index in [-0.39, 0.29) is 17.3 Å². The van der Waals surface area contributed by atoms with Gasteiger partial charge in [-0.25, -0.2) is 9.67 Å². The number of nitrogens with one attached hydrogen (secondary N) is 1. The second-order valence-electron chi connectivity index (χ2n) is 9.54. The highest BCUT2D eigenvalue weighted by molar-refractivity contribution is 5.88. The topological polar surface area (TPSA) is 108 Å². The highest BCUT2D eigenvalue weighted by atomic mass is 16.5. The minimum absolute atomic E-state index is 0.0149. The van der Waals surface area contributed by atoms with Crippen molar-refractivity contribution in [1.29, 1.82) is 0 Å². The van der Waals surface area contributed by atoms with E-state index < -0.39 is 5.91 Å². The van der Waals surface area contributed by atoms with Crippen molar-refractivity contribution in [1.82, 2.24) is 25.1 Å². The summed E-state index contributed by atoms with van der Waals surface area (Å²) in [6.45, 7) is 8.60. The maximum atomic E-state index is 11.4. The summed E-state index contributed by atoms with van der Waals surface area (Å²) in [4.78, 5) is 20.2. The Bertz CT molecular complexity index is 1350. The van der Waals surface area contributed by atoms with Crippen LogP contribution in [0.2, 0.25) is 0 Å². The molecule has 8 nitrogen and oxygen atoms in total. The Hall–Kier alpha value is -3.88. The molecule has 0 radical (unpaired) electrons. The van der Waals surface area contributed by atoms with Crippen LogP contribution in [0.3, 0.4) is 0 Å². The largest absolute Gasteiger partial charge is 0.369 e. The number of pyridine rings is 1. The number of nitrogens with zero attached hydrogens (tertiary/aromatic N) is 4. The third-order valence-corrected chi connectivity index (χ3v) is 6.81. The summed E-state index contributed by atoms with van der Waals surface area (Å²) >= 11 is 0. The van der Waals surface area contributed by atoms with Gasteiger partial charge in [-0.1, -0.05) is 56.3 Å². The second-order valence-corrected chi connectivity index (χ2v) is 9.54. The normalized spacial score (nSPS) is 16.1. The summed E-state index contributed by atoms with van der Waals surface area (Å²) in [5, 5.41) is 7.56. The number of primary amides is 1. The molecule has 1 aliphatic heterocycles. The van der Waals surface area contributed by atoms with Crippen molar-refractivity contribution in [2.75, 3.05) is 19.7 Å². The van der Waals surface area contributed by atoms with E-state index >= 15 is 0 Å². The van der Waals surface area contributed by atoms with Gasteiger partial charge in [0.15, 0.2) is 0 Å². The number of nitrogens with two attached hydrogens (primary N) is 1. The third-order valence-electron chi connectivity index (χ3n) is 6.81. The molecule has 1 fully saturated rings. The molecule has 2 aromatic heterocycles. The minimum atomic E-state index is -0.639. The van der Waals surface area contributed by atoms with Gasteiger partial charge in [0.05, 0.1) is 18.0 Å². The van der Waals surface area contributed by atoms with Gasteiger partial charge in [0, 0.05) is 30.3 Å². The summed E-state index contributed by atoms with van der Waals surface area (Å²) in [6, 6.07) is 20.9. The van der Waals surface area contributed by atoms with Gasteiger partial charge < -0.3 is 15.8 Å². The zero-order chi connectivity index (χ0) is 25.3. The lowest BCUT2D eigenvalue weighted by Crippen LogP contribution is -2.33. The third kappa shape index (κ3) is 4.65. The molecule has 0 spiro atoms. The van der Waals surface area contributed by atoms with E-state index in [0.717, 1.165) is 35.6 Å². The fourth-order valence-corrected chi connectivity index (χ4v) is 4.53. The van der Waals surface area contributed by atoms with Crippen molar-refractivity contribution < 1.29 is 9.53 Å². The van der Waals surface area contributed by atoms with E-state index in [4.69, 9.17) is 10.5 Å². The quantitative estimate of drug-likeness (QED) is 0.434. The van der Waals surface area contributed by atoms with Crippen molar-refractivity contribution in [3.63, 3.8) is 0 Å². The molecule has 0 aliphatic carbocycles. The van der Waals surface area contributed by atoms with Crippen molar-refractivity contribution >= 4 is 5.91 Å². The molecule has 1 atom stereocenters. The summed E-state index contributed by atoms with van der Waals surface area (Å²) < 4.78 is 7.43. The number of morpholine rings is 1. The van der Waals surface area contributed by atoms with E-state index in [0.29, 0.717) is 12.4 Å². The fraction of sp³-hybridized carbons (Fsp3) is 0.286. The van der Waals surface area contributed by atoms with E-state index in [1.807, 2.05) is 18.3 Å². The second kappa shape index (κ2) is 9.64. The Morgan fingerprint density at radius 3 is 2.25 bits per heavy atom. The van der Waals surface area contributed by atoms with Gasteiger partial charge in [0.2, 0.25) is 5.82 Å². The average Bonchev–Trinajstić information content (AvgIpc) is 3.31. The van der Waals surface area contributed by atoms with Crippen molar-refractivity contribution in [3.05, 3.63) is 95.3 Å². The lowest BCUT2D eigenvalue weighted by atomic mass is 9.78. The molecule has 1 saturated heterocycles. The van der Waals surface area contributed by atoms with Gasteiger partial charge in [-0.3, -0.25) is 9.78 Å². The predicted molar refractivity (Wildman–Crippen MR) is 138 cm³/mol. The highest BCUT2D eigenvalue weighted by Gasteiger charge is 2.24. The smallest absolute Gasteiger partial charge is 0.288 e. The standard InChI is InChI=1S/C28H30N6O2/c1-18-32-27(26(29)35)33-34(18)23-11-9-22(10-12-23)28(2,3)21-7-4-19(5-8-21)20-6-13-24(31-16-20)25-17-30-14-15-36-25/h4-13,16,25,30H,14-15,17H2,1-3H3,(H2,29,35). The molecular formula is C28H30N6O2. The number of carbonyl (C=O) groups excluding carboxylic acids is 1. The molecule has 3 heterocycles. The zero-order valence-corrected chi connectivity index (χ0v) is 20.7. The summed E-state index contributed by atoms with van der Waals surface area (Å²) in [6.07, 6.45) is 1.93. The van der Waals surface area contributed by atoms with Gasteiger partial charge in [-0.2, -0.15) is 0 Å². The Labute approximate surface area is 210 Å². The number of aromatic nitrogens is 4. The van der Waals surface area contributed by atoms with Gasteiger partial charge >= 0.3 is 0 Å². The van der Waals surface area contributed by atoms with Gasteiger partial charge in [-0.15, -0.1) is 5.10 Å². The molecule has 8 heteroatoms. The maximum Gasteiger partial charge on any atom is 0.288 e. The number of amides is 1. The number of carbonyl (C=O) groups is 1. The Morgan fingerprint density at radius 1 is 1.03 bits per heavy atom. The molecule has 1 aliphatic rings. The van der Waals surface area contributed by atoms with Gasteiger partial charge in [-0.05, 0) is 41.8 Å². The molecule has 2 aromatic carbocycles. The van der Waals surface area contributed by atoms with Crippen LogP contribution in [-0.4, -0.2) is 45.4 Å². The molecule has 3 N–H and O–H groups in total. The first-order chi connectivity index (χ1) is 17.3. The fourth-order valence-electron chi connectivity index (χ4n) is 4.53. The van der Waals surface area contributed by atoms with Crippen molar-refractivity contribution in [3.8, 4) is 16.8 Å². The first-order valence-corrected chi connectivity index (χ1v) is 12.1. The lowest BCUT2D eigenvalue weighted by molar-refractivity contribution is 0.0250. The molecule has 1 amide bonds.